The summed E-state index contributed by atoms with van der Waals surface area (Å²) in [5, 5.41) is 18.3. The number of hydrogen-bond acceptors (Lipinski definition) is 8. The van der Waals surface area contributed by atoms with E-state index in [1.54, 1.807) is 6.92 Å². The molecule has 0 radical (unpaired) electrons. The molecule has 0 aliphatic rings. The Morgan fingerprint density at radius 3 is 2.23 bits per heavy atom. The van der Waals surface area contributed by atoms with Crippen molar-refractivity contribution in [2.75, 3.05) is 13.2 Å². The summed E-state index contributed by atoms with van der Waals surface area (Å²) in [6.45, 7) is 5.29. The van der Waals surface area contributed by atoms with Crippen LogP contribution in [0.1, 0.15) is 40.0 Å². The van der Waals surface area contributed by atoms with Crippen LogP contribution >= 0.6 is 0 Å². The molecular formula is C12H22N2O8. The summed E-state index contributed by atoms with van der Waals surface area (Å²) in [7, 11) is 0. The van der Waals surface area contributed by atoms with E-state index < -0.39 is 22.9 Å². The van der Waals surface area contributed by atoms with Crippen molar-refractivity contribution in [1.29, 1.82) is 0 Å². The molecule has 0 heterocycles. The molecule has 0 aliphatic heterocycles. The Morgan fingerprint density at radius 1 is 1.09 bits per heavy atom. The molecule has 10 nitrogen and oxygen atoms in total. The molecule has 0 rings (SSSR count). The van der Waals surface area contributed by atoms with Gasteiger partial charge in [-0.25, -0.2) is 0 Å². The first-order chi connectivity index (χ1) is 10.2. The minimum absolute atomic E-state index is 0.185. The molecule has 0 spiro atoms. The molecule has 0 unspecified atom stereocenters. The second kappa shape index (κ2) is 10.6. The van der Waals surface area contributed by atoms with Gasteiger partial charge in [-0.2, -0.15) is 0 Å². The first-order valence-corrected chi connectivity index (χ1v) is 6.99. The topological polar surface area (TPSA) is 131 Å². The van der Waals surface area contributed by atoms with Crippen LogP contribution in [0, 0.1) is 32.1 Å². The molecule has 0 amide bonds. The van der Waals surface area contributed by atoms with Crippen molar-refractivity contribution in [3.63, 3.8) is 0 Å². The number of carbonyl (C=O) groups is 1. The quantitative estimate of drug-likeness (QED) is 0.230. The Kier molecular flexibility index (Phi) is 9.55. The van der Waals surface area contributed by atoms with E-state index in [0.29, 0.717) is 12.8 Å². The molecule has 0 saturated heterocycles. The molecule has 2 atom stereocenters. The summed E-state index contributed by atoms with van der Waals surface area (Å²) in [5.41, 5.74) is 0. The van der Waals surface area contributed by atoms with E-state index in [-0.39, 0.29) is 30.8 Å². The Bertz CT molecular complexity index is 374. The number of unbranched alkanes of at least 4 members (excludes halogenated alkanes) is 1. The molecule has 0 aliphatic carbocycles. The Balaban J connectivity index is 3.94. The number of carbonyl (C=O) groups excluding carboxylic acids is 1. The van der Waals surface area contributed by atoms with Crippen molar-refractivity contribution in [2.45, 2.75) is 46.1 Å². The molecule has 128 valence electrons. The minimum atomic E-state index is -1.04. The zero-order chi connectivity index (χ0) is 17.1. The number of ether oxygens (including phenoxy) is 1. The monoisotopic (exact) mass is 322 g/mol. The molecule has 10 heteroatoms. The normalized spacial score (nSPS) is 13.3. The summed E-state index contributed by atoms with van der Waals surface area (Å²) in [6.07, 6.45) is 0.0902. The number of nitrogens with zero attached hydrogens (tertiary/aromatic N) is 2. The van der Waals surface area contributed by atoms with Crippen molar-refractivity contribution in [3.05, 3.63) is 20.2 Å². The minimum Gasteiger partial charge on any atom is -0.465 e. The van der Waals surface area contributed by atoms with E-state index in [4.69, 9.17) is 4.74 Å². The lowest BCUT2D eigenvalue weighted by atomic mass is 9.99. The van der Waals surface area contributed by atoms with Crippen LogP contribution in [-0.2, 0) is 19.2 Å². The van der Waals surface area contributed by atoms with Gasteiger partial charge in [0, 0.05) is 0 Å². The number of hydrogen-bond donors (Lipinski definition) is 0. The fourth-order valence-corrected chi connectivity index (χ4v) is 1.48. The molecule has 0 bridgehead atoms. The van der Waals surface area contributed by atoms with E-state index in [1.165, 1.54) is 0 Å². The van der Waals surface area contributed by atoms with Crippen LogP contribution in [0.3, 0.4) is 0 Å². The number of esters is 1. The highest BCUT2D eigenvalue weighted by atomic mass is 17.0. The van der Waals surface area contributed by atoms with Crippen molar-refractivity contribution >= 4 is 5.97 Å². The van der Waals surface area contributed by atoms with Crippen LogP contribution in [0.5, 0.6) is 0 Å². The lowest BCUT2D eigenvalue weighted by Crippen LogP contribution is -2.25. The van der Waals surface area contributed by atoms with Gasteiger partial charge in [0.05, 0.1) is 12.5 Å². The largest absolute Gasteiger partial charge is 0.465 e. The first kappa shape index (κ1) is 19.9. The Labute approximate surface area is 127 Å². The van der Waals surface area contributed by atoms with Crippen LogP contribution in [0.4, 0.5) is 0 Å². The summed E-state index contributed by atoms with van der Waals surface area (Å²) in [4.78, 5) is 40.2. The summed E-state index contributed by atoms with van der Waals surface area (Å²) in [6, 6.07) is 0. The highest BCUT2D eigenvalue weighted by molar-refractivity contribution is 5.72. The lowest BCUT2D eigenvalue weighted by Gasteiger charge is -2.15. The van der Waals surface area contributed by atoms with Crippen molar-refractivity contribution < 1.29 is 29.4 Å². The van der Waals surface area contributed by atoms with E-state index in [2.05, 4.69) is 9.68 Å². The molecular weight excluding hydrogens is 300 g/mol. The zero-order valence-corrected chi connectivity index (χ0v) is 12.9. The van der Waals surface area contributed by atoms with Gasteiger partial charge in [-0.15, -0.1) is 20.2 Å². The van der Waals surface area contributed by atoms with Gasteiger partial charge < -0.3 is 14.4 Å². The molecule has 0 aromatic carbocycles. The predicted molar refractivity (Wildman–Crippen MR) is 73.6 cm³/mol. The lowest BCUT2D eigenvalue weighted by molar-refractivity contribution is -0.790. The molecule has 22 heavy (non-hydrogen) atoms. The molecule has 0 N–H and O–H groups in total. The second-order valence-corrected chi connectivity index (χ2v) is 5.17. The first-order valence-electron chi connectivity index (χ1n) is 6.99. The predicted octanol–water partition coefficient (Wildman–Crippen LogP) is 1.78. The zero-order valence-electron chi connectivity index (χ0n) is 12.9. The smallest absolute Gasteiger partial charge is 0.308 e. The molecule has 0 fully saturated rings. The van der Waals surface area contributed by atoms with Crippen molar-refractivity contribution in [1.82, 2.24) is 0 Å². The summed E-state index contributed by atoms with van der Waals surface area (Å²) >= 11 is 0. The maximum Gasteiger partial charge on any atom is 0.308 e. The number of rotatable bonds is 12. The van der Waals surface area contributed by atoms with Crippen molar-refractivity contribution in [2.24, 2.45) is 11.8 Å². The van der Waals surface area contributed by atoms with E-state index in [9.17, 15) is 25.0 Å². The van der Waals surface area contributed by atoms with Gasteiger partial charge in [-0.1, -0.05) is 20.8 Å². The molecule has 0 aromatic rings. The van der Waals surface area contributed by atoms with Crippen LogP contribution < -0.4 is 0 Å². The van der Waals surface area contributed by atoms with Gasteiger partial charge in [-0.05, 0) is 25.2 Å². The highest BCUT2D eigenvalue weighted by Crippen LogP contribution is 2.12. The van der Waals surface area contributed by atoms with E-state index in [0.717, 1.165) is 0 Å². The van der Waals surface area contributed by atoms with Gasteiger partial charge in [0.1, 0.15) is 12.7 Å². The van der Waals surface area contributed by atoms with Crippen LogP contribution in [0.15, 0.2) is 0 Å². The third-order valence-electron chi connectivity index (χ3n) is 3.14. The van der Waals surface area contributed by atoms with Crippen LogP contribution in [0.25, 0.3) is 0 Å². The summed E-state index contributed by atoms with van der Waals surface area (Å²) in [5.74, 6) is -0.298. The average molecular weight is 322 g/mol. The highest BCUT2D eigenvalue weighted by Gasteiger charge is 2.18. The fourth-order valence-electron chi connectivity index (χ4n) is 1.48. The maximum atomic E-state index is 11.6. The van der Waals surface area contributed by atoms with E-state index >= 15 is 0 Å². The standard InChI is InChI=1S/C12H22N2O8/c1-9(2)10(3)12(15)20-7-5-4-6-11(22-14(18)19)8-21-13(16)17/h9-11H,4-8H2,1-3H3/t10-,11-/m0/s1. The third-order valence-corrected chi connectivity index (χ3v) is 3.14. The van der Waals surface area contributed by atoms with Gasteiger partial charge in [0.15, 0.2) is 0 Å². The van der Waals surface area contributed by atoms with Gasteiger partial charge in [0.25, 0.3) is 10.2 Å². The van der Waals surface area contributed by atoms with Gasteiger partial charge >= 0.3 is 5.97 Å². The van der Waals surface area contributed by atoms with Crippen LogP contribution in [0.2, 0.25) is 0 Å². The Hall–Kier alpha value is -2.13. The molecule has 0 saturated carbocycles. The Morgan fingerprint density at radius 2 is 1.73 bits per heavy atom. The van der Waals surface area contributed by atoms with Gasteiger partial charge in [0.2, 0.25) is 0 Å². The molecule has 0 aromatic heterocycles. The fraction of sp³-hybridized carbons (Fsp3) is 0.917. The van der Waals surface area contributed by atoms with Crippen molar-refractivity contribution in [3.8, 4) is 0 Å². The van der Waals surface area contributed by atoms with Crippen LogP contribution in [-0.4, -0.2) is 35.5 Å². The second-order valence-electron chi connectivity index (χ2n) is 5.17. The average Bonchev–Trinajstić information content (AvgIpc) is 2.42. The SMILES string of the molecule is CC(C)[C@H](C)C(=O)OCCCC[C@@H](CO[N+](=O)[O-])O[N+](=O)[O-]. The van der Waals surface area contributed by atoms with E-state index in [1.807, 2.05) is 13.8 Å². The summed E-state index contributed by atoms with van der Waals surface area (Å²) < 4.78 is 5.07. The van der Waals surface area contributed by atoms with Gasteiger partial charge in [-0.3, -0.25) is 4.79 Å². The third kappa shape index (κ3) is 9.72. The maximum absolute atomic E-state index is 11.6.